The molecule has 0 fully saturated rings. The third-order valence-electron chi connectivity index (χ3n) is 3.31. The number of nitrogens with zero attached hydrogens (tertiary/aromatic N) is 2. The van der Waals surface area contributed by atoms with E-state index in [0.29, 0.717) is 0 Å². The number of benzene rings is 2. The molecule has 0 aromatic heterocycles. The van der Waals surface area contributed by atoms with Gasteiger partial charge in [0.15, 0.2) is 0 Å². The van der Waals surface area contributed by atoms with Crippen molar-refractivity contribution < 1.29 is 0 Å². The zero-order chi connectivity index (χ0) is 14.2. The van der Waals surface area contributed by atoms with Crippen LogP contribution in [0.25, 0.3) is 0 Å². The summed E-state index contributed by atoms with van der Waals surface area (Å²) in [6, 6.07) is 20.9. The fourth-order valence-corrected chi connectivity index (χ4v) is 2.22. The summed E-state index contributed by atoms with van der Waals surface area (Å²) in [5.41, 5.74) is 2.57. The van der Waals surface area contributed by atoms with Crippen molar-refractivity contribution in [2.24, 2.45) is 4.99 Å². The average Bonchev–Trinajstić information content (AvgIpc) is 2.50. The summed E-state index contributed by atoms with van der Waals surface area (Å²) in [6.07, 6.45) is 0.955. The van der Waals surface area contributed by atoms with E-state index in [-0.39, 0.29) is 0 Å². The molecule has 0 radical (unpaired) electrons. The van der Waals surface area contributed by atoms with Gasteiger partial charge in [-0.05, 0) is 11.1 Å². The highest BCUT2D eigenvalue weighted by Gasteiger charge is 2.04. The van der Waals surface area contributed by atoms with E-state index in [0.717, 1.165) is 25.3 Å². The summed E-state index contributed by atoms with van der Waals surface area (Å²) in [7, 11) is 2.11. The Hall–Kier alpha value is -2.09. The van der Waals surface area contributed by atoms with Crippen LogP contribution < -0.4 is 0 Å². The first-order valence-electron chi connectivity index (χ1n) is 7.12. The van der Waals surface area contributed by atoms with Crippen molar-refractivity contribution in [3.05, 3.63) is 71.8 Å². The fourth-order valence-electron chi connectivity index (χ4n) is 2.22. The number of rotatable bonds is 5. The molecule has 2 aromatic carbocycles. The van der Waals surface area contributed by atoms with Gasteiger partial charge in [-0.3, -0.25) is 4.99 Å². The summed E-state index contributed by atoms with van der Waals surface area (Å²) in [5, 5.41) is 0. The molecule has 0 spiro atoms. The first-order chi connectivity index (χ1) is 9.79. The highest BCUT2D eigenvalue weighted by molar-refractivity contribution is 5.81. The van der Waals surface area contributed by atoms with Crippen molar-refractivity contribution in [2.75, 3.05) is 7.05 Å². The molecule has 0 saturated carbocycles. The first-order valence-corrected chi connectivity index (χ1v) is 7.12. The Bertz CT molecular complexity index is 532. The van der Waals surface area contributed by atoms with Crippen molar-refractivity contribution in [3.63, 3.8) is 0 Å². The van der Waals surface area contributed by atoms with Gasteiger partial charge < -0.3 is 4.90 Å². The van der Waals surface area contributed by atoms with E-state index in [1.165, 1.54) is 11.1 Å². The van der Waals surface area contributed by atoms with Gasteiger partial charge in [0.2, 0.25) is 0 Å². The van der Waals surface area contributed by atoms with Crippen molar-refractivity contribution in [2.45, 2.75) is 26.4 Å². The molecule has 0 heterocycles. The molecule has 0 aliphatic rings. The van der Waals surface area contributed by atoms with Crippen LogP contribution in [0.3, 0.4) is 0 Å². The zero-order valence-corrected chi connectivity index (χ0v) is 12.3. The lowest BCUT2D eigenvalue weighted by Gasteiger charge is -2.20. The van der Waals surface area contributed by atoms with Crippen LogP contribution in [0, 0.1) is 0 Å². The van der Waals surface area contributed by atoms with Crippen molar-refractivity contribution in [3.8, 4) is 0 Å². The predicted molar refractivity (Wildman–Crippen MR) is 85.8 cm³/mol. The van der Waals surface area contributed by atoms with E-state index in [4.69, 9.17) is 4.99 Å². The molecular weight excluding hydrogens is 244 g/mol. The quantitative estimate of drug-likeness (QED) is 0.587. The Kier molecular flexibility index (Phi) is 5.36. The molecule has 2 aromatic rings. The maximum Gasteiger partial charge on any atom is 0.0990 e. The topological polar surface area (TPSA) is 15.6 Å². The third kappa shape index (κ3) is 4.23. The largest absolute Gasteiger partial charge is 0.359 e. The second-order valence-electron chi connectivity index (χ2n) is 4.91. The highest BCUT2D eigenvalue weighted by atomic mass is 15.2. The molecule has 2 rings (SSSR count). The van der Waals surface area contributed by atoms with E-state index < -0.39 is 0 Å². The highest BCUT2D eigenvalue weighted by Crippen LogP contribution is 2.07. The maximum absolute atomic E-state index is 4.75. The molecule has 0 unspecified atom stereocenters. The van der Waals surface area contributed by atoms with E-state index in [1.807, 2.05) is 12.1 Å². The first kappa shape index (κ1) is 14.3. The van der Waals surface area contributed by atoms with Gasteiger partial charge in [0.05, 0.1) is 12.4 Å². The molecule has 2 heteroatoms. The van der Waals surface area contributed by atoms with Gasteiger partial charge >= 0.3 is 0 Å². The second-order valence-corrected chi connectivity index (χ2v) is 4.91. The summed E-state index contributed by atoms with van der Waals surface area (Å²) in [6.45, 7) is 3.82. The number of amidine groups is 1. The fraction of sp³-hybridized carbons (Fsp3) is 0.278. The van der Waals surface area contributed by atoms with E-state index in [2.05, 4.69) is 67.4 Å². The van der Waals surface area contributed by atoms with Crippen LogP contribution in [-0.4, -0.2) is 17.8 Å². The van der Waals surface area contributed by atoms with Crippen molar-refractivity contribution >= 4 is 5.84 Å². The molecule has 0 aliphatic carbocycles. The van der Waals surface area contributed by atoms with Crippen LogP contribution in [0.1, 0.15) is 24.5 Å². The molecule has 0 atom stereocenters. The van der Waals surface area contributed by atoms with Crippen LogP contribution in [0.4, 0.5) is 0 Å². The number of hydrogen-bond donors (Lipinski definition) is 0. The van der Waals surface area contributed by atoms with Gasteiger partial charge in [0, 0.05) is 20.0 Å². The molecule has 20 heavy (non-hydrogen) atoms. The minimum absolute atomic E-state index is 0.753. The van der Waals surface area contributed by atoms with E-state index >= 15 is 0 Å². The lowest BCUT2D eigenvalue weighted by molar-refractivity contribution is 0.487. The summed E-state index contributed by atoms with van der Waals surface area (Å²) >= 11 is 0. The van der Waals surface area contributed by atoms with Gasteiger partial charge in [-0.15, -0.1) is 0 Å². The number of aliphatic imine (C=N–C) groups is 1. The van der Waals surface area contributed by atoms with Gasteiger partial charge in [-0.25, -0.2) is 0 Å². The van der Waals surface area contributed by atoms with Crippen molar-refractivity contribution in [1.82, 2.24) is 4.90 Å². The summed E-state index contributed by atoms with van der Waals surface area (Å²) in [4.78, 5) is 6.99. The smallest absolute Gasteiger partial charge is 0.0990 e. The SMILES string of the molecule is CCC(=NCc1ccccc1)N(C)Cc1ccccc1. The maximum atomic E-state index is 4.75. The molecule has 0 saturated heterocycles. The van der Waals surface area contributed by atoms with Crippen LogP contribution in [-0.2, 0) is 13.1 Å². The minimum Gasteiger partial charge on any atom is -0.359 e. The normalized spacial score (nSPS) is 11.4. The van der Waals surface area contributed by atoms with Crippen LogP contribution in [0.15, 0.2) is 65.7 Å². The summed E-state index contributed by atoms with van der Waals surface area (Å²) < 4.78 is 0. The Balaban J connectivity index is 2.00. The van der Waals surface area contributed by atoms with Crippen LogP contribution in [0.2, 0.25) is 0 Å². The standard InChI is InChI=1S/C18H22N2/c1-3-18(19-14-16-10-6-4-7-11-16)20(2)15-17-12-8-5-9-13-17/h4-13H,3,14-15H2,1-2H3. The molecule has 104 valence electrons. The Morgan fingerprint density at radius 3 is 2.00 bits per heavy atom. The predicted octanol–water partition coefficient (Wildman–Crippen LogP) is 4.13. The molecular formula is C18H22N2. The molecule has 0 bridgehead atoms. The molecule has 0 aliphatic heterocycles. The number of hydrogen-bond acceptors (Lipinski definition) is 1. The van der Waals surface area contributed by atoms with Crippen LogP contribution >= 0.6 is 0 Å². The molecule has 0 amide bonds. The second kappa shape index (κ2) is 7.49. The van der Waals surface area contributed by atoms with Gasteiger partial charge in [0.1, 0.15) is 0 Å². The minimum atomic E-state index is 0.753. The summed E-state index contributed by atoms with van der Waals surface area (Å²) in [5.74, 6) is 1.15. The average molecular weight is 266 g/mol. The van der Waals surface area contributed by atoms with E-state index in [9.17, 15) is 0 Å². The van der Waals surface area contributed by atoms with E-state index in [1.54, 1.807) is 0 Å². The monoisotopic (exact) mass is 266 g/mol. The Morgan fingerprint density at radius 1 is 0.900 bits per heavy atom. The zero-order valence-electron chi connectivity index (χ0n) is 12.3. The molecule has 2 nitrogen and oxygen atoms in total. The lowest BCUT2D eigenvalue weighted by atomic mass is 10.2. The van der Waals surface area contributed by atoms with Gasteiger partial charge in [0.25, 0.3) is 0 Å². The van der Waals surface area contributed by atoms with Crippen LogP contribution in [0.5, 0.6) is 0 Å². The van der Waals surface area contributed by atoms with Gasteiger partial charge in [-0.1, -0.05) is 67.6 Å². The molecule has 0 N–H and O–H groups in total. The Morgan fingerprint density at radius 2 is 1.45 bits per heavy atom. The Labute approximate surface area is 121 Å². The van der Waals surface area contributed by atoms with Gasteiger partial charge in [-0.2, -0.15) is 0 Å². The third-order valence-corrected chi connectivity index (χ3v) is 3.31. The van der Waals surface area contributed by atoms with Crippen molar-refractivity contribution in [1.29, 1.82) is 0 Å². The lowest BCUT2D eigenvalue weighted by Crippen LogP contribution is -2.25.